The normalized spacial score (nSPS) is 14.2. The van der Waals surface area contributed by atoms with E-state index in [-0.39, 0.29) is 10.7 Å². The van der Waals surface area contributed by atoms with E-state index in [9.17, 15) is 13.2 Å². The van der Waals surface area contributed by atoms with Gasteiger partial charge in [-0.1, -0.05) is 54.4 Å². The number of carbonyl (C=O) groups excluding carboxylic acids is 1. The predicted molar refractivity (Wildman–Crippen MR) is 100 cm³/mol. The van der Waals surface area contributed by atoms with Gasteiger partial charge < -0.3 is 0 Å². The fourth-order valence-electron chi connectivity index (χ4n) is 2.57. The van der Waals surface area contributed by atoms with Crippen molar-refractivity contribution in [1.82, 2.24) is 0 Å². The number of thioether (sulfide) groups is 1. The van der Waals surface area contributed by atoms with Crippen LogP contribution >= 0.6 is 11.8 Å². The van der Waals surface area contributed by atoms with Gasteiger partial charge in [0.05, 0.1) is 4.90 Å². The van der Waals surface area contributed by atoms with Crippen LogP contribution in [0.4, 0.5) is 0 Å². The largest absolute Gasteiger partial charge is 0.294 e. The minimum Gasteiger partial charge on any atom is -0.294 e. The van der Waals surface area contributed by atoms with E-state index in [0.717, 1.165) is 11.1 Å². The molecule has 0 aliphatic rings. The summed E-state index contributed by atoms with van der Waals surface area (Å²) < 4.78 is 25.1. The first kappa shape index (κ1) is 18.7. The molecule has 0 saturated carbocycles. The number of benzene rings is 2. The van der Waals surface area contributed by atoms with Crippen LogP contribution in [0.15, 0.2) is 53.4 Å². The highest BCUT2D eigenvalue weighted by atomic mass is 32.3. The van der Waals surface area contributed by atoms with Gasteiger partial charge in [0.15, 0.2) is 15.6 Å². The maximum atomic E-state index is 12.9. The van der Waals surface area contributed by atoms with Crippen LogP contribution in [0, 0.1) is 19.8 Å². The molecule has 0 aliphatic heterocycles. The van der Waals surface area contributed by atoms with Crippen LogP contribution in [-0.2, 0) is 9.84 Å². The second-order valence-electron chi connectivity index (χ2n) is 5.98. The Morgan fingerprint density at radius 2 is 1.38 bits per heavy atom. The topological polar surface area (TPSA) is 51.2 Å². The average Bonchev–Trinajstić information content (AvgIpc) is 2.55. The number of hydrogen-bond donors (Lipinski definition) is 0. The first-order valence-electron chi connectivity index (χ1n) is 7.71. The number of rotatable bonds is 6. The van der Waals surface area contributed by atoms with Gasteiger partial charge in [-0.25, -0.2) is 8.42 Å². The average molecular weight is 363 g/mol. The van der Waals surface area contributed by atoms with Crippen LogP contribution < -0.4 is 0 Å². The molecule has 2 rings (SSSR count). The van der Waals surface area contributed by atoms with Gasteiger partial charge >= 0.3 is 0 Å². The highest BCUT2D eigenvalue weighted by Gasteiger charge is 2.35. The molecular weight excluding hydrogens is 340 g/mol. The molecule has 128 valence electrons. The maximum Gasteiger partial charge on any atom is 0.191 e. The van der Waals surface area contributed by atoms with E-state index in [4.69, 9.17) is 0 Å². The molecule has 3 nitrogen and oxygen atoms in total. The summed E-state index contributed by atoms with van der Waals surface area (Å²) in [5, 5.41) is 0. The molecule has 5 heteroatoms. The molecule has 2 aromatic rings. The highest BCUT2D eigenvalue weighted by molar-refractivity contribution is 8.13. The molecule has 0 saturated heterocycles. The van der Waals surface area contributed by atoms with Gasteiger partial charge in [0.2, 0.25) is 0 Å². The van der Waals surface area contributed by atoms with Crippen LogP contribution in [0.25, 0.3) is 0 Å². The summed E-state index contributed by atoms with van der Waals surface area (Å²) >= 11 is 1.20. The standard InChI is InChI=1S/C19H22O3S2/c1-13-5-9-16(10-6-13)18(20)15(3)19(23-4)24(21,22)17-11-7-14(2)8-12-17/h5-12,15,19H,1-4H3. The molecule has 0 aliphatic carbocycles. The van der Waals surface area contributed by atoms with E-state index in [1.807, 2.05) is 26.0 Å². The molecule has 0 fully saturated rings. The van der Waals surface area contributed by atoms with Crippen molar-refractivity contribution in [3.05, 3.63) is 65.2 Å². The zero-order chi connectivity index (χ0) is 17.9. The predicted octanol–water partition coefficient (Wildman–Crippen LogP) is 4.29. The summed E-state index contributed by atoms with van der Waals surface area (Å²) in [6.07, 6.45) is 1.73. The Labute approximate surface area is 148 Å². The number of Topliss-reactive ketones (excluding diaryl/α,β-unsaturated/α-hetero) is 1. The maximum absolute atomic E-state index is 12.9. The highest BCUT2D eigenvalue weighted by Crippen LogP contribution is 2.31. The first-order chi connectivity index (χ1) is 11.3. The summed E-state index contributed by atoms with van der Waals surface area (Å²) in [4.78, 5) is 13.0. The molecular formula is C19H22O3S2. The molecule has 0 bridgehead atoms. The van der Waals surface area contributed by atoms with Crippen molar-refractivity contribution >= 4 is 27.4 Å². The van der Waals surface area contributed by atoms with E-state index >= 15 is 0 Å². The lowest BCUT2D eigenvalue weighted by atomic mass is 10.00. The monoisotopic (exact) mass is 362 g/mol. The van der Waals surface area contributed by atoms with Gasteiger partial charge in [-0.05, 0) is 32.2 Å². The Kier molecular flexibility index (Phi) is 5.88. The van der Waals surface area contributed by atoms with Crippen LogP contribution in [0.5, 0.6) is 0 Å². The fraction of sp³-hybridized carbons (Fsp3) is 0.316. The number of sulfone groups is 1. The number of hydrogen-bond acceptors (Lipinski definition) is 4. The van der Waals surface area contributed by atoms with Crippen molar-refractivity contribution in [1.29, 1.82) is 0 Å². The lowest BCUT2D eigenvalue weighted by Crippen LogP contribution is -2.30. The van der Waals surface area contributed by atoms with E-state index in [1.54, 1.807) is 49.6 Å². The van der Waals surface area contributed by atoms with Crippen LogP contribution in [0.2, 0.25) is 0 Å². The van der Waals surface area contributed by atoms with Crippen molar-refractivity contribution in [3.8, 4) is 0 Å². The molecule has 2 atom stereocenters. The molecule has 2 unspecified atom stereocenters. The zero-order valence-corrected chi connectivity index (χ0v) is 15.9. The zero-order valence-electron chi connectivity index (χ0n) is 14.3. The molecule has 0 heterocycles. The second-order valence-corrected chi connectivity index (χ2v) is 9.33. The quantitative estimate of drug-likeness (QED) is 0.720. The Hall–Kier alpha value is -1.59. The number of aryl methyl sites for hydroxylation is 2. The Morgan fingerprint density at radius 1 is 0.917 bits per heavy atom. The van der Waals surface area contributed by atoms with E-state index in [1.165, 1.54) is 11.8 Å². The summed E-state index contributed by atoms with van der Waals surface area (Å²) in [5.74, 6) is -0.779. The minimum atomic E-state index is -3.59. The van der Waals surface area contributed by atoms with Gasteiger partial charge in [0, 0.05) is 11.5 Å². The third kappa shape index (κ3) is 3.90. The van der Waals surface area contributed by atoms with E-state index in [2.05, 4.69) is 0 Å². The minimum absolute atomic E-state index is 0.148. The van der Waals surface area contributed by atoms with Gasteiger partial charge in [-0.3, -0.25) is 4.79 Å². The van der Waals surface area contributed by atoms with Gasteiger partial charge in [-0.15, -0.1) is 11.8 Å². The molecule has 0 spiro atoms. The summed E-state index contributed by atoms with van der Waals surface area (Å²) in [7, 11) is -3.59. The van der Waals surface area contributed by atoms with Crippen LogP contribution in [0.1, 0.15) is 28.4 Å². The Balaban J connectivity index is 2.33. The molecule has 2 aromatic carbocycles. The van der Waals surface area contributed by atoms with Crippen molar-refractivity contribution in [3.63, 3.8) is 0 Å². The second kappa shape index (κ2) is 7.53. The lowest BCUT2D eigenvalue weighted by Gasteiger charge is -2.21. The Morgan fingerprint density at radius 3 is 1.83 bits per heavy atom. The Bertz CT molecular complexity index is 807. The van der Waals surface area contributed by atoms with Crippen LogP contribution in [0.3, 0.4) is 0 Å². The smallest absolute Gasteiger partial charge is 0.191 e. The molecule has 0 N–H and O–H groups in total. The summed E-state index contributed by atoms with van der Waals surface area (Å²) in [6, 6.07) is 14.0. The summed E-state index contributed by atoms with van der Waals surface area (Å²) in [5.41, 5.74) is 2.61. The van der Waals surface area contributed by atoms with Gasteiger partial charge in [-0.2, -0.15) is 0 Å². The van der Waals surface area contributed by atoms with Gasteiger partial charge in [0.1, 0.15) is 4.58 Å². The SMILES string of the molecule is CSC(C(C)C(=O)c1ccc(C)cc1)S(=O)(=O)c1ccc(C)cc1. The van der Waals surface area contributed by atoms with E-state index < -0.39 is 20.3 Å². The molecule has 24 heavy (non-hydrogen) atoms. The molecule has 0 amide bonds. The summed E-state index contributed by atoms with van der Waals surface area (Å²) in [6.45, 7) is 5.55. The van der Waals surface area contributed by atoms with Crippen molar-refractivity contribution in [2.75, 3.05) is 6.26 Å². The number of ketones is 1. The van der Waals surface area contributed by atoms with E-state index in [0.29, 0.717) is 5.56 Å². The lowest BCUT2D eigenvalue weighted by molar-refractivity contribution is 0.0937. The molecule has 0 aromatic heterocycles. The van der Waals surface area contributed by atoms with Crippen molar-refractivity contribution in [2.45, 2.75) is 30.2 Å². The van der Waals surface area contributed by atoms with Crippen LogP contribution in [-0.4, -0.2) is 25.0 Å². The first-order valence-corrected chi connectivity index (χ1v) is 10.5. The third-order valence-corrected chi connectivity index (χ3v) is 8.20. The fourth-order valence-corrected chi connectivity index (χ4v) is 5.89. The molecule has 0 radical (unpaired) electrons. The third-order valence-electron chi connectivity index (χ3n) is 4.05. The van der Waals surface area contributed by atoms with Gasteiger partial charge in [0.25, 0.3) is 0 Å². The van der Waals surface area contributed by atoms with Crippen molar-refractivity contribution in [2.24, 2.45) is 5.92 Å². The van der Waals surface area contributed by atoms with Crippen molar-refractivity contribution < 1.29 is 13.2 Å². The number of carbonyl (C=O) groups is 1.